The zero-order valence-electron chi connectivity index (χ0n) is 9.50. The SMILES string of the molecule is N/C(=N/O)c1cccc(OCC2CCCO2)c1. The van der Waals surface area contributed by atoms with Gasteiger partial charge in [-0.3, -0.25) is 0 Å². The van der Waals surface area contributed by atoms with Crippen molar-refractivity contribution in [2.75, 3.05) is 13.2 Å². The minimum absolute atomic E-state index is 0.0765. The van der Waals surface area contributed by atoms with Crippen molar-refractivity contribution in [1.29, 1.82) is 0 Å². The molecule has 1 heterocycles. The van der Waals surface area contributed by atoms with Crippen LogP contribution in [0.1, 0.15) is 18.4 Å². The van der Waals surface area contributed by atoms with E-state index in [1.807, 2.05) is 6.07 Å². The molecule has 0 bridgehead atoms. The first-order valence-corrected chi connectivity index (χ1v) is 5.62. The van der Waals surface area contributed by atoms with E-state index in [-0.39, 0.29) is 11.9 Å². The van der Waals surface area contributed by atoms with Crippen LogP contribution >= 0.6 is 0 Å². The van der Waals surface area contributed by atoms with Gasteiger partial charge in [-0.1, -0.05) is 17.3 Å². The molecule has 1 aliphatic rings. The highest BCUT2D eigenvalue weighted by molar-refractivity contribution is 5.97. The topological polar surface area (TPSA) is 77.1 Å². The first kappa shape index (κ1) is 11.7. The summed E-state index contributed by atoms with van der Waals surface area (Å²) in [7, 11) is 0. The summed E-state index contributed by atoms with van der Waals surface area (Å²) in [6, 6.07) is 7.14. The number of benzene rings is 1. The van der Waals surface area contributed by atoms with Crippen LogP contribution in [0.5, 0.6) is 5.75 Å². The quantitative estimate of drug-likeness (QED) is 0.358. The summed E-state index contributed by atoms with van der Waals surface area (Å²) in [5.74, 6) is 0.775. The van der Waals surface area contributed by atoms with Gasteiger partial charge < -0.3 is 20.4 Å². The van der Waals surface area contributed by atoms with Crippen LogP contribution in [0, 0.1) is 0 Å². The van der Waals surface area contributed by atoms with Crippen molar-refractivity contribution >= 4 is 5.84 Å². The van der Waals surface area contributed by atoms with E-state index >= 15 is 0 Å². The summed E-state index contributed by atoms with van der Waals surface area (Å²) in [5, 5.41) is 11.5. The average Bonchev–Trinajstić information content (AvgIpc) is 2.89. The molecule has 1 aliphatic heterocycles. The third-order valence-electron chi connectivity index (χ3n) is 2.70. The van der Waals surface area contributed by atoms with Gasteiger partial charge >= 0.3 is 0 Å². The highest BCUT2D eigenvalue weighted by atomic mass is 16.5. The van der Waals surface area contributed by atoms with Crippen LogP contribution < -0.4 is 10.5 Å². The fourth-order valence-electron chi connectivity index (χ4n) is 1.77. The Morgan fingerprint density at radius 2 is 2.47 bits per heavy atom. The number of hydrogen-bond donors (Lipinski definition) is 2. The third kappa shape index (κ3) is 3.10. The van der Waals surface area contributed by atoms with Crippen LogP contribution in [-0.4, -0.2) is 30.4 Å². The molecule has 92 valence electrons. The molecule has 3 N–H and O–H groups in total. The molecule has 1 saturated heterocycles. The Labute approximate surface area is 99.8 Å². The first-order chi connectivity index (χ1) is 8.29. The second kappa shape index (κ2) is 5.54. The maximum atomic E-state index is 8.58. The van der Waals surface area contributed by atoms with E-state index in [4.69, 9.17) is 20.4 Å². The molecular formula is C12H16N2O3. The maximum Gasteiger partial charge on any atom is 0.170 e. The summed E-state index contributed by atoms with van der Waals surface area (Å²) in [6.45, 7) is 1.36. The Balaban J connectivity index is 1.96. The summed E-state index contributed by atoms with van der Waals surface area (Å²) >= 11 is 0. The average molecular weight is 236 g/mol. The molecule has 0 amide bonds. The Kier molecular flexibility index (Phi) is 3.82. The van der Waals surface area contributed by atoms with Gasteiger partial charge in [0.25, 0.3) is 0 Å². The lowest BCUT2D eigenvalue weighted by Gasteiger charge is -2.11. The molecule has 1 aromatic rings. The Morgan fingerprint density at radius 1 is 1.59 bits per heavy atom. The molecule has 1 atom stereocenters. The van der Waals surface area contributed by atoms with E-state index < -0.39 is 0 Å². The standard InChI is InChI=1S/C12H16N2O3/c13-12(14-15)9-3-1-4-10(7-9)17-8-11-5-2-6-16-11/h1,3-4,7,11,15H,2,5-6,8H2,(H2,13,14). The number of nitrogens with zero attached hydrogens (tertiary/aromatic N) is 1. The zero-order chi connectivity index (χ0) is 12.1. The second-order valence-electron chi connectivity index (χ2n) is 3.96. The lowest BCUT2D eigenvalue weighted by Crippen LogP contribution is -2.17. The molecule has 2 rings (SSSR count). The van der Waals surface area contributed by atoms with E-state index in [2.05, 4.69) is 5.16 Å². The van der Waals surface area contributed by atoms with E-state index in [1.54, 1.807) is 18.2 Å². The first-order valence-electron chi connectivity index (χ1n) is 5.62. The Morgan fingerprint density at radius 3 is 3.18 bits per heavy atom. The summed E-state index contributed by atoms with van der Waals surface area (Å²) < 4.78 is 11.1. The molecule has 0 aromatic heterocycles. The van der Waals surface area contributed by atoms with Crippen molar-refractivity contribution in [2.45, 2.75) is 18.9 Å². The van der Waals surface area contributed by atoms with Crippen molar-refractivity contribution in [3.05, 3.63) is 29.8 Å². The van der Waals surface area contributed by atoms with Crippen LogP contribution in [0.15, 0.2) is 29.4 Å². The van der Waals surface area contributed by atoms with Gasteiger partial charge in [-0.2, -0.15) is 0 Å². The highest BCUT2D eigenvalue weighted by Crippen LogP contribution is 2.17. The second-order valence-corrected chi connectivity index (χ2v) is 3.96. The van der Waals surface area contributed by atoms with Crippen LogP contribution in [0.4, 0.5) is 0 Å². The molecular weight excluding hydrogens is 220 g/mol. The minimum Gasteiger partial charge on any atom is -0.491 e. The lowest BCUT2D eigenvalue weighted by atomic mass is 10.2. The number of rotatable bonds is 4. The van der Waals surface area contributed by atoms with Gasteiger partial charge in [0.15, 0.2) is 5.84 Å². The predicted octanol–water partition coefficient (Wildman–Crippen LogP) is 1.34. The van der Waals surface area contributed by atoms with Gasteiger partial charge in [-0.15, -0.1) is 0 Å². The highest BCUT2D eigenvalue weighted by Gasteiger charge is 2.16. The van der Waals surface area contributed by atoms with Gasteiger partial charge in [0.2, 0.25) is 0 Å². The van der Waals surface area contributed by atoms with Gasteiger partial charge in [0.05, 0.1) is 6.10 Å². The van der Waals surface area contributed by atoms with Crippen molar-refractivity contribution in [1.82, 2.24) is 0 Å². The van der Waals surface area contributed by atoms with Crippen LogP contribution in [-0.2, 0) is 4.74 Å². The molecule has 5 nitrogen and oxygen atoms in total. The summed E-state index contributed by atoms with van der Waals surface area (Å²) in [6.07, 6.45) is 2.32. The summed E-state index contributed by atoms with van der Waals surface area (Å²) in [4.78, 5) is 0. The zero-order valence-corrected chi connectivity index (χ0v) is 9.50. The number of oxime groups is 1. The summed E-state index contributed by atoms with van der Waals surface area (Å²) in [5.41, 5.74) is 6.14. The van der Waals surface area contributed by atoms with Crippen LogP contribution in [0.2, 0.25) is 0 Å². The largest absolute Gasteiger partial charge is 0.491 e. The van der Waals surface area contributed by atoms with Crippen molar-refractivity contribution in [3.63, 3.8) is 0 Å². The van der Waals surface area contributed by atoms with Crippen molar-refractivity contribution < 1.29 is 14.7 Å². The molecule has 0 spiro atoms. The molecule has 0 aliphatic carbocycles. The van der Waals surface area contributed by atoms with Crippen LogP contribution in [0.25, 0.3) is 0 Å². The van der Waals surface area contributed by atoms with E-state index in [1.165, 1.54) is 0 Å². The van der Waals surface area contributed by atoms with Gasteiger partial charge in [-0.25, -0.2) is 0 Å². The molecule has 17 heavy (non-hydrogen) atoms. The van der Waals surface area contributed by atoms with Crippen molar-refractivity contribution in [2.24, 2.45) is 10.9 Å². The normalized spacial score (nSPS) is 20.5. The monoisotopic (exact) mass is 236 g/mol. The van der Waals surface area contributed by atoms with E-state index in [0.717, 1.165) is 19.4 Å². The van der Waals surface area contributed by atoms with Crippen LogP contribution in [0.3, 0.4) is 0 Å². The molecule has 0 radical (unpaired) electrons. The molecule has 1 aromatic carbocycles. The lowest BCUT2D eigenvalue weighted by molar-refractivity contribution is 0.0679. The number of nitrogens with two attached hydrogens (primary N) is 1. The van der Waals surface area contributed by atoms with Gasteiger partial charge in [0, 0.05) is 12.2 Å². The molecule has 1 fully saturated rings. The van der Waals surface area contributed by atoms with Gasteiger partial charge in [0.1, 0.15) is 12.4 Å². The third-order valence-corrected chi connectivity index (χ3v) is 2.70. The number of amidine groups is 1. The Bertz CT molecular complexity index is 400. The van der Waals surface area contributed by atoms with Crippen molar-refractivity contribution in [3.8, 4) is 5.75 Å². The smallest absolute Gasteiger partial charge is 0.170 e. The molecule has 1 unspecified atom stereocenters. The van der Waals surface area contributed by atoms with Gasteiger partial charge in [-0.05, 0) is 25.0 Å². The van der Waals surface area contributed by atoms with E-state index in [0.29, 0.717) is 17.9 Å². The predicted molar refractivity (Wildman–Crippen MR) is 63.4 cm³/mol. The fraction of sp³-hybridized carbons (Fsp3) is 0.417. The fourth-order valence-corrected chi connectivity index (χ4v) is 1.77. The molecule has 5 heteroatoms. The maximum absolute atomic E-state index is 8.58. The minimum atomic E-state index is 0.0765. The molecule has 0 saturated carbocycles. The number of hydrogen-bond acceptors (Lipinski definition) is 4. The number of ether oxygens (including phenoxy) is 2. The Hall–Kier alpha value is -1.75. The van der Waals surface area contributed by atoms with E-state index in [9.17, 15) is 0 Å².